The lowest BCUT2D eigenvalue weighted by atomic mass is 10.00. The van der Waals surface area contributed by atoms with E-state index in [0.29, 0.717) is 18.1 Å². The minimum Gasteiger partial charge on any atom is -0.358 e. The Morgan fingerprint density at radius 3 is 2.25 bits per heavy atom. The third-order valence-corrected chi connectivity index (χ3v) is 3.32. The topological polar surface area (TPSA) is 24.5 Å². The fourth-order valence-corrected chi connectivity index (χ4v) is 2.45. The molecule has 0 aromatic rings. The van der Waals surface area contributed by atoms with Crippen molar-refractivity contribution in [3.05, 3.63) is 0 Å². The maximum Gasteiger partial charge on any atom is 0.127 e. The van der Waals surface area contributed by atoms with Crippen LogP contribution in [-0.4, -0.2) is 37.4 Å². The molecule has 1 saturated heterocycles. The summed E-state index contributed by atoms with van der Waals surface area (Å²) >= 11 is 2.21. The summed E-state index contributed by atoms with van der Waals surface area (Å²) in [5.41, 5.74) is 0. The zero-order valence-electron chi connectivity index (χ0n) is 8.04. The standard InChI is InChI=1S/C8H17IN2O/c1-5-6(2)12-8(11(3)4)7(5)10-9/h5-8,10H,1-4H3. The SMILES string of the molecule is CC1OC(N(C)C)C(NI)C1C. The molecule has 3 nitrogen and oxygen atoms in total. The van der Waals surface area contributed by atoms with Gasteiger partial charge in [-0.15, -0.1) is 0 Å². The van der Waals surface area contributed by atoms with Crippen LogP contribution in [0.1, 0.15) is 13.8 Å². The first-order chi connectivity index (χ1) is 5.57. The Balaban J connectivity index is 2.65. The van der Waals surface area contributed by atoms with Crippen LogP contribution in [0, 0.1) is 5.92 Å². The van der Waals surface area contributed by atoms with Gasteiger partial charge in [0, 0.05) is 28.8 Å². The molecule has 72 valence electrons. The monoisotopic (exact) mass is 284 g/mol. The summed E-state index contributed by atoms with van der Waals surface area (Å²) < 4.78 is 9.08. The predicted octanol–water partition coefficient (Wildman–Crippen LogP) is 1.24. The van der Waals surface area contributed by atoms with Crippen LogP contribution in [-0.2, 0) is 4.74 Å². The Morgan fingerprint density at radius 1 is 1.33 bits per heavy atom. The summed E-state index contributed by atoms with van der Waals surface area (Å²) in [6, 6.07) is 0.440. The van der Waals surface area contributed by atoms with Crippen molar-refractivity contribution < 1.29 is 4.74 Å². The predicted molar refractivity (Wildman–Crippen MR) is 58.1 cm³/mol. The van der Waals surface area contributed by atoms with E-state index in [-0.39, 0.29) is 6.23 Å². The first-order valence-corrected chi connectivity index (χ1v) is 5.34. The van der Waals surface area contributed by atoms with Gasteiger partial charge in [0.2, 0.25) is 0 Å². The number of ether oxygens (including phenoxy) is 1. The van der Waals surface area contributed by atoms with Gasteiger partial charge in [-0.25, -0.2) is 0 Å². The number of nitrogens with zero attached hydrogens (tertiary/aromatic N) is 1. The van der Waals surface area contributed by atoms with Crippen molar-refractivity contribution in [2.45, 2.75) is 32.2 Å². The maximum atomic E-state index is 5.80. The normalized spacial score (nSPS) is 42.5. The van der Waals surface area contributed by atoms with Crippen molar-refractivity contribution >= 4 is 22.9 Å². The largest absolute Gasteiger partial charge is 0.358 e. The van der Waals surface area contributed by atoms with Crippen molar-refractivity contribution in [2.24, 2.45) is 5.92 Å². The zero-order chi connectivity index (χ0) is 9.30. The molecule has 0 aromatic carbocycles. The minimum absolute atomic E-state index is 0.215. The van der Waals surface area contributed by atoms with Crippen molar-refractivity contribution in [2.75, 3.05) is 14.1 Å². The molecular formula is C8H17IN2O. The molecule has 0 aliphatic carbocycles. The van der Waals surface area contributed by atoms with Crippen molar-refractivity contribution in [3.63, 3.8) is 0 Å². The molecule has 4 unspecified atom stereocenters. The van der Waals surface area contributed by atoms with E-state index in [2.05, 4.69) is 59.2 Å². The Morgan fingerprint density at radius 2 is 1.92 bits per heavy atom. The van der Waals surface area contributed by atoms with Crippen LogP contribution in [0.15, 0.2) is 0 Å². The van der Waals surface area contributed by atoms with Crippen LogP contribution >= 0.6 is 22.9 Å². The van der Waals surface area contributed by atoms with Gasteiger partial charge in [0.25, 0.3) is 0 Å². The Kier molecular flexibility index (Phi) is 3.75. The van der Waals surface area contributed by atoms with E-state index >= 15 is 0 Å². The highest BCUT2D eigenvalue weighted by atomic mass is 127. The highest BCUT2D eigenvalue weighted by Gasteiger charge is 2.39. The molecular weight excluding hydrogens is 267 g/mol. The van der Waals surface area contributed by atoms with Gasteiger partial charge < -0.3 is 4.74 Å². The number of likely N-dealkylation sites (N-methyl/N-ethyl adjacent to an activating group) is 1. The Labute approximate surface area is 88.3 Å². The van der Waals surface area contributed by atoms with E-state index in [1.807, 2.05) is 0 Å². The van der Waals surface area contributed by atoms with Crippen LogP contribution < -0.4 is 3.53 Å². The van der Waals surface area contributed by atoms with Gasteiger partial charge in [0.05, 0.1) is 12.1 Å². The molecule has 1 rings (SSSR count). The molecule has 0 saturated carbocycles. The lowest BCUT2D eigenvalue weighted by Crippen LogP contribution is -2.43. The molecule has 0 amide bonds. The van der Waals surface area contributed by atoms with E-state index in [9.17, 15) is 0 Å². The number of rotatable bonds is 2. The fraction of sp³-hybridized carbons (Fsp3) is 1.00. The van der Waals surface area contributed by atoms with E-state index in [1.54, 1.807) is 0 Å². The average Bonchev–Trinajstić information content (AvgIpc) is 2.29. The molecule has 1 N–H and O–H groups in total. The molecule has 0 spiro atoms. The highest BCUT2D eigenvalue weighted by Crippen LogP contribution is 2.27. The van der Waals surface area contributed by atoms with Crippen LogP contribution in [0.2, 0.25) is 0 Å². The smallest absolute Gasteiger partial charge is 0.127 e. The van der Waals surface area contributed by atoms with E-state index in [1.165, 1.54) is 0 Å². The first-order valence-electron chi connectivity index (χ1n) is 4.26. The fourth-order valence-electron chi connectivity index (χ4n) is 1.58. The first kappa shape index (κ1) is 10.7. The summed E-state index contributed by atoms with van der Waals surface area (Å²) in [5, 5.41) is 0. The number of halogens is 1. The second kappa shape index (κ2) is 4.21. The van der Waals surface area contributed by atoms with Gasteiger partial charge in [0.1, 0.15) is 6.23 Å². The minimum atomic E-state index is 0.215. The third kappa shape index (κ3) is 1.92. The molecule has 4 atom stereocenters. The molecule has 0 radical (unpaired) electrons. The van der Waals surface area contributed by atoms with Gasteiger partial charge in [-0.3, -0.25) is 8.43 Å². The Hall–Kier alpha value is 0.610. The third-order valence-electron chi connectivity index (χ3n) is 2.60. The van der Waals surface area contributed by atoms with Crippen LogP contribution in [0.5, 0.6) is 0 Å². The second-order valence-corrected chi connectivity index (χ2v) is 4.31. The summed E-state index contributed by atoms with van der Waals surface area (Å²) in [4.78, 5) is 2.12. The number of hydrogen-bond acceptors (Lipinski definition) is 3. The lowest BCUT2D eigenvalue weighted by molar-refractivity contribution is -0.0331. The van der Waals surface area contributed by atoms with Crippen molar-refractivity contribution in [3.8, 4) is 0 Å². The van der Waals surface area contributed by atoms with E-state index in [4.69, 9.17) is 4.74 Å². The van der Waals surface area contributed by atoms with E-state index in [0.717, 1.165) is 0 Å². The molecule has 1 aliphatic heterocycles. The molecule has 1 aliphatic rings. The highest BCUT2D eigenvalue weighted by molar-refractivity contribution is 14.1. The quantitative estimate of drug-likeness (QED) is 0.610. The number of hydrogen-bond donors (Lipinski definition) is 1. The molecule has 1 fully saturated rings. The van der Waals surface area contributed by atoms with Crippen molar-refractivity contribution in [1.82, 2.24) is 8.43 Å². The molecule has 1 heterocycles. The van der Waals surface area contributed by atoms with Crippen LogP contribution in [0.25, 0.3) is 0 Å². The van der Waals surface area contributed by atoms with Crippen LogP contribution in [0.3, 0.4) is 0 Å². The second-order valence-electron chi connectivity index (χ2n) is 3.69. The zero-order valence-corrected chi connectivity index (χ0v) is 10.2. The Bertz CT molecular complexity index is 154. The van der Waals surface area contributed by atoms with Crippen LogP contribution in [0.4, 0.5) is 0 Å². The van der Waals surface area contributed by atoms with Gasteiger partial charge in [-0.05, 0) is 21.0 Å². The number of nitrogens with one attached hydrogen (secondary N) is 1. The van der Waals surface area contributed by atoms with Gasteiger partial charge in [0.15, 0.2) is 0 Å². The lowest BCUT2D eigenvalue weighted by Gasteiger charge is -2.24. The maximum absolute atomic E-state index is 5.80. The van der Waals surface area contributed by atoms with Gasteiger partial charge in [-0.2, -0.15) is 0 Å². The van der Waals surface area contributed by atoms with Gasteiger partial charge >= 0.3 is 0 Å². The van der Waals surface area contributed by atoms with Crippen molar-refractivity contribution in [1.29, 1.82) is 0 Å². The summed E-state index contributed by atoms with van der Waals surface area (Å²) in [5.74, 6) is 0.578. The molecule has 0 aromatic heterocycles. The molecule has 12 heavy (non-hydrogen) atoms. The molecule has 4 heteroatoms. The van der Waals surface area contributed by atoms with Gasteiger partial charge in [-0.1, -0.05) is 6.92 Å². The average molecular weight is 284 g/mol. The summed E-state index contributed by atoms with van der Waals surface area (Å²) in [6.07, 6.45) is 0.566. The molecule has 0 bridgehead atoms. The summed E-state index contributed by atoms with van der Waals surface area (Å²) in [6.45, 7) is 4.36. The summed E-state index contributed by atoms with van der Waals surface area (Å²) in [7, 11) is 4.10. The van der Waals surface area contributed by atoms with E-state index < -0.39 is 0 Å².